The van der Waals surface area contributed by atoms with Gasteiger partial charge in [-0.2, -0.15) is 0 Å². The lowest BCUT2D eigenvalue weighted by Crippen LogP contribution is -2.45. The molecule has 6 heteroatoms. The van der Waals surface area contributed by atoms with Crippen LogP contribution in [0.4, 0.5) is 16.2 Å². The average molecular weight is 304 g/mol. The van der Waals surface area contributed by atoms with Crippen LogP contribution < -0.4 is 16.4 Å². The third-order valence-electron chi connectivity index (χ3n) is 3.73. The van der Waals surface area contributed by atoms with Crippen molar-refractivity contribution in [3.05, 3.63) is 23.8 Å². The van der Waals surface area contributed by atoms with Gasteiger partial charge >= 0.3 is 6.03 Å². The van der Waals surface area contributed by atoms with Crippen LogP contribution in [0.15, 0.2) is 18.2 Å². The molecule has 22 heavy (non-hydrogen) atoms. The highest BCUT2D eigenvalue weighted by atomic mass is 16.2. The lowest BCUT2D eigenvalue weighted by molar-refractivity contribution is -0.131. The standard InChI is InChI=1S/C16H24N4O2/c1-10-5-6-12(17)13(7-10)19-15(22)18-11-8-14(21)20(9-11)16(2,3)4/h5-7,11H,8-9,17H2,1-4H3,(H2,18,19,22). The van der Waals surface area contributed by atoms with Crippen molar-refractivity contribution in [2.75, 3.05) is 17.6 Å². The average Bonchev–Trinajstić information content (AvgIpc) is 2.74. The summed E-state index contributed by atoms with van der Waals surface area (Å²) in [6, 6.07) is 4.93. The van der Waals surface area contributed by atoms with Gasteiger partial charge in [-0.25, -0.2) is 4.79 Å². The first-order valence-corrected chi connectivity index (χ1v) is 7.41. The Kier molecular flexibility index (Phi) is 4.30. The fraction of sp³-hybridized carbons (Fsp3) is 0.500. The van der Waals surface area contributed by atoms with Crippen LogP contribution in [0.1, 0.15) is 32.8 Å². The molecule has 6 nitrogen and oxygen atoms in total. The number of nitrogens with zero attached hydrogens (tertiary/aromatic N) is 1. The molecule has 1 aromatic carbocycles. The predicted octanol–water partition coefficient (Wildman–Crippen LogP) is 2.10. The Morgan fingerprint density at radius 3 is 2.64 bits per heavy atom. The molecule has 0 saturated carbocycles. The summed E-state index contributed by atoms with van der Waals surface area (Å²) in [7, 11) is 0. The first-order chi connectivity index (χ1) is 10.2. The number of aryl methyl sites for hydroxylation is 1. The Balaban J connectivity index is 1.96. The van der Waals surface area contributed by atoms with E-state index in [-0.39, 0.29) is 23.5 Å². The molecule has 1 atom stereocenters. The monoisotopic (exact) mass is 304 g/mol. The van der Waals surface area contributed by atoms with E-state index in [1.54, 1.807) is 11.0 Å². The molecule has 1 aliphatic heterocycles. The summed E-state index contributed by atoms with van der Waals surface area (Å²) in [5.74, 6) is 0.0628. The van der Waals surface area contributed by atoms with Gasteiger partial charge in [0.25, 0.3) is 0 Å². The summed E-state index contributed by atoms with van der Waals surface area (Å²) in [6.45, 7) is 8.42. The minimum absolute atomic E-state index is 0.0628. The molecule has 4 N–H and O–H groups in total. The van der Waals surface area contributed by atoms with Gasteiger partial charge in [0.05, 0.1) is 17.4 Å². The van der Waals surface area contributed by atoms with E-state index in [0.717, 1.165) is 5.56 Å². The van der Waals surface area contributed by atoms with Crippen molar-refractivity contribution in [2.24, 2.45) is 0 Å². The number of nitrogens with two attached hydrogens (primary N) is 1. The summed E-state index contributed by atoms with van der Waals surface area (Å²) in [6.07, 6.45) is 0.327. The van der Waals surface area contributed by atoms with Crippen molar-refractivity contribution < 1.29 is 9.59 Å². The van der Waals surface area contributed by atoms with Crippen LogP contribution in [0.2, 0.25) is 0 Å². The van der Waals surface area contributed by atoms with E-state index in [1.807, 2.05) is 39.8 Å². The van der Waals surface area contributed by atoms with E-state index in [9.17, 15) is 9.59 Å². The Labute approximate surface area is 131 Å². The molecule has 0 bridgehead atoms. The molecule has 2 rings (SSSR count). The van der Waals surface area contributed by atoms with Crippen LogP contribution in [0, 0.1) is 6.92 Å². The van der Waals surface area contributed by atoms with E-state index in [0.29, 0.717) is 24.3 Å². The molecule has 120 valence electrons. The van der Waals surface area contributed by atoms with Crippen molar-refractivity contribution in [1.29, 1.82) is 0 Å². The first kappa shape index (κ1) is 16.1. The molecule has 1 fully saturated rings. The number of urea groups is 1. The Bertz CT molecular complexity index is 592. The van der Waals surface area contributed by atoms with Gasteiger partial charge in [0.15, 0.2) is 0 Å². The Hall–Kier alpha value is -2.24. The van der Waals surface area contributed by atoms with Crippen molar-refractivity contribution >= 4 is 23.3 Å². The second kappa shape index (κ2) is 5.87. The molecule has 1 aromatic rings. The van der Waals surface area contributed by atoms with Crippen LogP contribution in [0.3, 0.4) is 0 Å². The molecule has 0 spiro atoms. The summed E-state index contributed by atoms with van der Waals surface area (Å²) in [5, 5.41) is 5.58. The zero-order chi connectivity index (χ0) is 16.5. The maximum Gasteiger partial charge on any atom is 0.319 e. The number of hydrogen-bond acceptors (Lipinski definition) is 3. The smallest absolute Gasteiger partial charge is 0.319 e. The van der Waals surface area contributed by atoms with Crippen LogP contribution in [-0.4, -0.2) is 35.0 Å². The van der Waals surface area contributed by atoms with Gasteiger partial charge in [-0.1, -0.05) is 6.07 Å². The molecular formula is C16H24N4O2. The third kappa shape index (κ3) is 3.69. The molecule has 0 radical (unpaired) electrons. The fourth-order valence-corrected chi connectivity index (χ4v) is 2.57. The summed E-state index contributed by atoms with van der Waals surface area (Å²) in [5.41, 5.74) is 7.72. The lowest BCUT2D eigenvalue weighted by Gasteiger charge is -2.32. The molecule has 1 aliphatic rings. The molecule has 3 amide bonds. The highest BCUT2D eigenvalue weighted by Gasteiger charge is 2.36. The van der Waals surface area contributed by atoms with Gasteiger partial charge in [0.1, 0.15) is 0 Å². The van der Waals surface area contributed by atoms with E-state index >= 15 is 0 Å². The quantitative estimate of drug-likeness (QED) is 0.731. The van der Waals surface area contributed by atoms with Crippen LogP contribution in [0.5, 0.6) is 0 Å². The highest BCUT2D eigenvalue weighted by Crippen LogP contribution is 2.22. The van der Waals surface area contributed by atoms with Crippen molar-refractivity contribution in [2.45, 2.75) is 45.7 Å². The minimum Gasteiger partial charge on any atom is -0.397 e. The second-order valence-electron chi connectivity index (χ2n) is 6.77. The molecule has 0 aliphatic carbocycles. The molecule has 0 aromatic heterocycles. The SMILES string of the molecule is Cc1ccc(N)c(NC(=O)NC2CC(=O)N(C(C)(C)C)C2)c1. The summed E-state index contributed by atoms with van der Waals surface area (Å²) >= 11 is 0. The van der Waals surface area contributed by atoms with Crippen molar-refractivity contribution in [3.63, 3.8) is 0 Å². The van der Waals surface area contributed by atoms with Gasteiger partial charge in [-0.05, 0) is 45.4 Å². The molecule has 1 saturated heterocycles. The number of amides is 3. The van der Waals surface area contributed by atoms with Gasteiger partial charge in [0.2, 0.25) is 5.91 Å². The maximum atomic E-state index is 12.1. The molecular weight excluding hydrogens is 280 g/mol. The number of nitrogens with one attached hydrogen (secondary N) is 2. The first-order valence-electron chi connectivity index (χ1n) is 7.41. The van der Waals surface area contributed by atoms with Crippen LogP contribution >= 0.6 is 0 Å². The van der Waals surface area contributed by atoms with Crippen molar-refractivity contribution in [3.8, 4) is 0 Å². The van der Waals surface area contributed by atoms with E-state index in [4.69, 9.17) is 5.73 Å². The number of nitrogen functional groups attached to an aromatic ring is 1. The highest BCUT2D eigenvalue weighted by molar-refractivity contribution is 5.93. The number of rotatable bonds is 2. The summed E-state index contributed by atoms with van der Waals surface area (Å²) in [4.78, 5) is 25.9. The number of carbonyl (C=O) groups is 2. The number of carbonyl (C=O) groups excluding carboxylic acids is 2. The lowest BCUT2D eigenvalue weighted by atomic mass is 10.1. The molecule has 1 heterocycles. The number of benzene rings is 1. The van der Waals surface area contributed by atoms with Gasteiger partial charge < -0.3 is 21.3 Å². The minimum atomic E-state index is -0.342. The Morgan fingerprint density at radius 1 is 1.36 bits per heavy atom. The number of hydrogen-bond donors (Lipinski definition) is 3. The summed E-state index contributed by atoms with van der Waals surface area (Å²) < 4.78 is 0. The van der Waals surface area contributed by atoms with Gasteiger partial charge in [0, 0.05) is 18.5 Å². The van der Waals surface area contributed by atoms with E-state index in [1.165, 1.54) is 0 Å². The fourth-order valence-electron chi connectivity index (χ4n) is 2.57. The third-order valence-corrected chi connectivity index (χ3v) is 3.73. The van der Waals surface area contributed by atoms with Gasteiger partial charge in [-0.15, -0.1) is 0 Å². The van der Waals surface area contributed by atoms with E-state index < -0.39 is 0 Å². The Morgan fingerprint density at radius 2 is 2.05 bits per heavy atom. The van der Waals surface area contributed by atoms with Crippen LogP contribution in [-0.2, 0) is 4.79 Å². The largest absolute Gasteiger partial charge is 0.397 e. The van der Waals surface area contributed by atoms with E-state index in [2.05, 4.69) is 10.6 Å². The number of likely N-dealkylation sites (tertiary alicyclic amines) is 1. The van der Waals surface area contributed by atoms with Crippen molar-refractivity contribution in [1.82, 2.24) is 10.2 Å². The van der Waals surface area contributed by atoms with Crippen LogP contribution in [0.25, 0.3) is 0 Å². The molecule has 1 unspecified atom stereocenters. The zero-order valence-electron chi connectivity index (χ0n) is 13.6. The zero-order valence-corrected chi connectivity index (χ0v) is 13.6. The normalized spacial score (nSPS) is 18.5. The number of anilines is 2. The second-order valence-corrected chi connectivity index (χ2v) is 6.77. The maximum absolute atomic E-state index is 12.1. The van der Waals surface area contributed by atoms with Gasteiger partial charge in [-0.3, -0.25) is 4.79 Å². The topological polar surface area (TPSA) is 87.5 Å². The predicted molar refractivity (Wildman–Crippen MR) is 87.6 cm³/mol.